The number of nitrogens with two attached hydrogens (primary N) is 1. The van der Waals surface area contributed by atoms with Crippen LogP contribution in [0.2, 0.25) is 0 Å². The number of nitrogen functional groups attached to an aromatic ring is 1. The van der Waals surface area contributed by atoms with Gasteiger partial charge in [0.25, 0.3) is 0 Å². The van der Waals surface area contributed by atoms with E-state index in [2.05, 4.69) is 5.32 Å². The van der Waals surface area contributed by atoms with Gasteiger partial charge in [0, 0.05) is 22.5 Å². The summed E-state index contributed by atoms with van der Waals surface area (Å²) in [5.74, 6) is 0.804. The predicted octanol–water partition coefficient (Wildman–Crippen LogP) is 1.49. The Morgan fingerprint density at radius 3 is 2.86 bits per heavy atom. The Morgan fingerprint density at radius 2 is 2.14 bits per heavy atom. The van der Waals surface area contributed by atoms with E-state index >= 15 is 0 Å². The van der Waals surface area contributed by atoms with E-state index in [0.717, 1.165) is 27.5 Å². The maximum atomic E-state index is 11.7. The number of hydrogen-bond acceptors (Lipinski definition) is 4. The highest BCUT2D eigenvalue weighted by Gasteiger charge is 2.34. The van der Waals surface area contributed by atoms with E-state index in [1.54, 1.807) is 11.3 Å². The average molecular weight is 208 g/mol. The molecule has 0 radical (unpaired) electrons. The third-order valence-corrected chi connectivity index (χ3v) is 3.92. The molecule has 4 heteroatoms. The second-order valence-corrected chi connectivity index (χ2v) is 5.12. The smallest absolute Gasteiger partial charge is 0.178 e. The molecular weight excluding hydrogens is 196 g/mol. The molecule has 1 aromatic rings. The lowest BCUT2D eigenvalue weighted by Gasteiger charge is -2.12. The molecule has 1 aliphatic heterocycles. The number of hydrogen-bond donors (Lipinski definition) is 2. The van der Waals surface area contributed by atoms with Gasteiger partial charge in [0.05, 0.1) is 11.5 Å². The first-order chi connectivity index (χ1) is 6.77. The Balaban J connectivity index is 2.17. The third-order valence-electron chi connectivity index (χ3n) is 2.88. The summed E-state index contributed by atoms with van der Waals surface area (Å²) in [7, 11) is 0. The lowest BCUT2D eigenvalue weighted by Crippen LogP contribution is -2.29. The Hall–Kier alpha value is -0.870. The van der Waals surface area contributed by atoms with Crippen LogP contribution in [-0.4, -0.2) is 12.3 Å². The van der Waals surface area contributed by atoms with Crippen molar-refractivity contribution in [1.29, 1.82) is 0 Å². The summed E-state index contributed by atoms with van der Waals surface area (Å²) in [4.78, 5) is 12.9. The monoisotopic (exact) mass is 208 g/mol. The molecule has 0 atom stereocenters. The van der Waals surface area contributed by atoms with Gasteiger partial charge < -0.3 is 11.1 Å². The van der Waals surface area contributed by atoms with Crippen molar-refractivity contribution in [2.45, 2.75) is 25.3 Å². The fourth-order valence-corrected chi connectivity index (χ4v) is 3.24. The van der Waals surface area contributed by atoms with Crippen LogP contribution in [0.15, 0.2) is 0 Å². The minimum atomic E-state index is 0.223. The first-order valence-corrected chi connectivity index (χ1v) is 5.74. The average Bonchev–Trinajstić information content (AvgIpc) is 2.90. The van der Waals surface area contributed by atoms with Crippen LogP contribution >= 0.6 is 11.3 Å². The number of ketones is 1. The number of thiophene rings is 1. The van der Waals surface area contributed by atoms with E-state index in [4.69, 9.17) is 5.73 Å². The summed E-state index contributed by atoms with van der Waals surface area (Å²) in [6.07, 6.45) is 2.40. The number of carbonyl (C=O) groups is 1. The molecule has 0 unspecified atom stereocenters. The minimum Gasteiger partial charge on any atom is -0.390 e. The van der Waals surface area contributed by atoms with Crippen LogP contribution in [0.5, 0.6) is 0 Å². The normalized spacial score (nSPS) is 21.0. The largest absolute Gasteiger partial charge is 0.390 e. The Morgan fingerprint density at radius 1 is 1.36 bits per heavy atom. The van der Waals surface area contributed by atoms with Crippen molar-refractivity contribution in [2.75, 3.05) is 12.3 Å². The second-order valence-electron chi connectivity index (χ2n) is 3.98. The number of anilines is 1. The molecule has 2 aliphatic rings. The van der Waals surface area contributed by atoms with Crippen LogP contribution in [0.1, 0.15) is 39.6 Å². The summed E-state index contributed by atoms with van der Waals surface area (Å²) < 4.78 is 0. The van der Waals surface area contributed by atoms with Crippen LogP contribution in [0.3, 0.4) is 0 Å². The Labute approximate surface area is 86.3 Å². The summed E-state index contributed by atoms with van der Waals surface area (Å²) in [5, 5.41) is 3.97. The first-order valence-electron chi connectivity index (χ1n) is 4.92. The topological polar surface area (TPSA) is 55.1 Å². The predicted molar refractivity (Wildman–Crippen MR) is 56.7 cm³/mol. The lowest BCUT2D eigenvalue weighted by molar-refractivity contribution is 0.0982. The van der Waals surface area contributed by atoms with Crippen molar-refractivity contribution >= 4 is 22.1 Å². The van der Waals surface area contributed by atoms with E-state index in [1.165, 1.54) is 12.8 Å². The molecule has 74 valence electrons. The quantitative estimate of drug-likeness (QED) is 0.735. The summed E-state index contributed by atoms with van der Waals surface area (Å²) in [6, 6.07) is 0. The van der Waals surface area contributed by atoms with Gasteiger partial charge in [-0.1, -0.05) is 0 Å². The van der Waals surface area contributed by atoms with Crippen molar-refractivity contribution in [3.63, 3.8) is 0 Å². The zero-order valence-electron chi connectivity index (χ0n) is 7.80. The molecule has 0 spiro atoms. The van der Waals surface area contributed by atoms with Gasteiger partial charge in [-0.15, -0.1) is 11.3 Å². The maximum absolute atomic E-state index is 11.7. The van der Waals surface area contributed by atoms with Crippen LogP contribution in [0.4, 0.5) is 5.00 Å². The Bertz CT molecular complexity index is 406. The molecule has 1 saturated carbocycles. The van der Waals surface area contributed by atoms with Gasteiger partial charge in [-0.2, -0.15) is 0 Å². The highest BCUT2D eigenvalue weighted by molar-refractivity contribution is 7.16. The standard InChI is InChI=1S/C10H12N2OS/c11-10-8(5-1-2-5)9-6(13)3-12-4-7(9)14-10/h5,12H,1-4,11H2. The molecule has 1 fully saturated rings. The third kappa shape index (κ3) is 1.11. The minimum absolute atomic E-state index is 0.223. The van der Waals surface area contributed by atoms with Crippen LogP contribution in [-0.2, 0) is 6.54 Å². The van der Waals surface area contributed by atoms with Crippen LogP contribution < -0.4 is 11.1 Å². The summed E-state index contributed by atoms with van der Waals surface area (Å²) in [5.41, 5.74) is 8.08. The molecule has 0 saturated heterocycles. The van der Waals surface area contributed by atoms with Gasteiger partial charge in [-0.25, -0.2) is 0 Å². The Kier molecular flexibility index (Phi) is 1.69. The fraction of sp³-hybridized carbons (Fsp3) is 0.500. The number of Topliss-reactive ketones (excluding diaryl/α,β-unsaturated/α-hetero) is 1. The number of nitrogens with one attached hydrogen (secondary N) is 1. The van der Waals surface area contributed by atoms with Crippen molar-refractivity contribution in [3.8, 4) is 0 Å². The molecule has 0 aromatic carbocycles. The van der Waals surface area contributed by atoms with E-state index in [-0.39, 0.29) is 5.78 Å². The summed E-state index contributed by atoms with van der Waals surface area (Å²) >= 11 is 1.58. The van der Waals surface area contributed by atoms with Gasteiger partial charge in [0.15, 0.2) is 5.78 Å². The van der Waals surface area contributed by atoms with Crippen molar-refractivity contribution in [2.24, 2.45) is 0 Å². The van der Waals surface area contributed by atoms with Gasteiger partial charge in [-0.3, -0.25) is 4.79 Å². The highest BCUT2D eigenvalue weighted by atomic mass is 32.1. The number of rotatable bonds is 1. The van der Waals surface area contributed by atoms with Crippen molar-refractivity contribution < 1.29 is 4.79 Å². The molecule has 0 amide bonds. The number of fused-ring (bicyclic) bond motifs is 1. The van der Waals surface area contributed by atoms with Gasteiger partial charge in [0.2, 0.25) is 0 Å². The van der Waals surface area contributed by atoms with E-state index in [9.17, 15) is 4.79 Å². The van der Waals surface area contributed by atoms with Crippen LogP contribution in [0.25, 0.3) is 0 Å². The maximum Gasteiger partial charge on any atom is 0.178 e. The van der Waals surface area contributed by atoms with Gasteiger partial charge >= 0.3 is 0 Å². The lowest BCUT2D eigenvalue weighted by atomic mass is 10.00. The number of carbonyl (C=O) groups excluding carboxylic acids is 1. The van der Waals surface area contributed by atoms with Crippen molar-refractivity contribution in [1.82, 2.24) is 5.32 Å². The van der Waals surface area contributed by atoms with Gasteiger partial charge in [-0.05, 0) is 18.8 Å². The molecule has 3 rings (SSSR count). The van der Waals surface area contributed by atoms with Crippen LogP contribution in [0, 0.1) is 0 Å². The molecule has 2 heterocycles. The van der Waals surface area contributed by atoms with Gasteiger partial charge in [0.1, 0.15) is 0 Å². The molecule has 1 aliphatic carbocycles. The molecule has 3 N–H and O–H groups in total. The molecule has 0 bridgehead atoms. The highest BCUT2D eigenvalue weighted by Crippen LogP contribution is 2.48. The van der Waals surface area contributed by atoms with E-state index in [0.29, 0.717) is 12.5 Å². The molecule has 1 aromatic heterocycles. The van der Waals surface area contributed by atoms with E-state index < -0.39 is 0 Å². The zero-order valence-corrected chi connectivity index (χ0v) is 8.62. The van der Waals surface area contributed by atoms with Crippen molar-refractivity contribution in [3.05, 3.63) is 16.0 Å². The second kappa shape index (κ2) is 2.81. The molecular formula is C10H12N2OS. The summed E-state index contributed by atoms with van der Waals surface area (Å²) in [6.45, 7) is 1.28. The first kappa shape index (κ1) is 8.44. The van der Waals surface area contributed by atoms with E-state index in [1.807, 2.05) is 0 Å². The molecule has 3 nitrogen and oxygen atoms in total. The zero-order chi connectivity index (χ0) is 9.71. The SMILES string of the molecule is Nc1sc2c(c1C1CC1)C(=O)CNC2. The molecule has 14 heavy (non-hydrogen) atoms. The fourth-order valence-electron chi connectivity index (χ4n) is 2.10.